The van der Waals surface area contributed by atoms with Gasteiger partial charge in [-0.05, 0) is 35.4 Å². The summed E-state index contributed by atoms with van der Waals surface area (Å²) in [5.41, 5.74) is 3.10. The smallest absolute Gasteiger partial charge is 0.278 e. The van der Waals surface area contributed by atoms with Gasteiger partial charge in [0.2, 0.25) is 6.79 Å². The molecular formula is C25H20N2O4. The standard InChI is InChI=1S/C25H20N2O4/c1-26(19-10-6-3-7-11-19)23-22(18-8-4-2-5-9-18)24(28)27(25(23)29)15-17-12-13-20-21(14-17)31-16-30-20/h2-14H,15-16H2,1H3. The zero-order valence-corrected chi connectivity index (χ0v) is 16.9. The van der Waals surface area contributed by atoms with Crippen LogP contribution in [0.3, 0.4) is 0 Å². The predicted molar refractivity (Wildman–Crippen MR) is 116 cm³/mol. The van der Waals surface area contributed by atoms with Gasteiger partial charge in [-0.2, -0.15) is 0 Å². The number of nitrogens with zero attached hydrogens (tertiary/aromatic N) is 2. The molecule has 154 valence electrons. The maximum Gasteiger partial charge on any atom is 0.278 e. The molecule has 0 unspecified atom stereocenters. The molecule has 2 aliphatic heterocycles. The van der Waals surface area contributed by atoms with Crippen molar-refractivity contribution >= 4 is 23.1 Å². The number of para-hydroxylation sites is 1. The van der Waals surface area contributed by atoms with Crippen LogP contribution in [0, 0.1) is 0 Å². The fraction of sp³-hybridized carbons (Fsp3) is 0.120. The van der Waals surface area contributed by atoms with Gasteiger partial charge in [0, 0.05) is 12.7 Å². The molecule has 0 saturated carbocycles. The Bertz CT molecular complexity index is 1190. The van der Waals surface area contributed by atoms with Crippen LogP contribution in [0.25, 0.3) is 5.57 Å². The van der Waals surface area contributed by atoms with Crippen molar-refractivity contribution in [1.82, 2.24) is 4.90 Å². The van der Waals surface area contributed by atoms with Crippen molar-refractivity contribution in [3.8, 4) is 11.5 Å². The first-order chi connectivity index (χ1) is 15.1. The van der Waals surface area contributed by atoms with Crippen molar-refractivity contribution in [1.29, 1.82) is 0 Å². The Morgan fingerprint density at radius 3 is 2.26 bits per heavy atom. The molecule has 3 aromatic carbocycles. The van der Waals surface area contributed by atoms with Crippen molar-refractivity contribution in [2.75, 3.05) is 18.7 Å². The minimum atomic E-state index is -0.326. The van der Waals surface area contributed by atoms with Crippen LogP contribution in [0.4, 0.5) is 5.69 Å². The van der Waals surface area contributed by atoms with Gasteiger partial charge in [0.1, 0.15) is 5.70 Å². The van der Waals surface area contributed by atoms with Crippen LogP contribution >= 0.6 is 0 Å². The number of anilines is 1. The molecule has 2 heterocycles. The number of amides is 2. The molecule has 6 heteroatoms. The molecule has 0 N–H and O–H groups in total. The fourth-order valence-corrected chi connectivity index (χ4v) is 3.89. The lowest BCUT2D eigenvalue weighted by atomic mass is 10.0. The maximum absolute atomic E-state index is 13.5. The van der Waals surface area contributed by atoms with E-state index in [2.05, 4.69) is 0 Å². The van der Waals surface area contributed by atoms with E-state index in [0.29, 0.717) is 28.3 Å². The summed E-state index contributed by atoms with van der Waals surface area (Å²) in [5.74, 6) is 0.643. The molecule has 6 nitrogen and oxygen atoms in total. The topological polar surface area (TPSA) is 59.1 Å². The van der Waals surface area contributed by atoms with Gasteiger partial charge in [-0.1, -0.05) is 54.6 Å². The Morgan fingerprint density at radius 2 is 1.52 bits per heavy atom. The molecule has 5 rings (SSSR count). The minimum Gasteiger partial charge on any atom is -0.454 e. The zero-order chi connectivity index (χ0) is 21.4. The van der Waals surface area contributed by atoms with Crippen molar-refractivity contribution in [3.05, 3.63) is 95.7 Å². The number of hydrogen-bond donors (Lipinski definition) is 0. The lowest BCUT2D eigenvalue weighted by molar-refractivity contribution is -0.137. The van der Waals surface area contributed by atoms with E-state index in [-0.39, 0.29) is 25.2 Å². The van der Waals surface area contributed by atoms with Gasteiger partial charge in [-0.3, -0.25) is 14.5 Å². The molecule has 0 atom stereocenters. The molecule has 2 amide bonds. The van der Waals surface area contributed by atoms with Gasteiger partial charge in [-0.25, -0.2) is 0 Å². The van der Waals surface area contributed by atoms with E-state index < -0.39 is 0 Å². The molecule has 0 bridgehead atoms. The van der Waals surface area contributed by atoms with Crippen molar-refractivity contribution in [3.63, 3.8) is 0 Å². The number of benzene rings is 3. The van der Waals surface area contributed by atoms with Crippen LogP contribution in [0.2, 0.25) is 0 Å². The molecule has 3 aromatic rings. The van der Waals surface area contributed by atoms with E-state index in [1.807, 2.05) is 79.8 Å². The first kappa shape index (κ1) is 18.9. The number of carbonyl (C=O) groups is 2. The highest BCUT2D eigenvalue weighted by molar-refractivity contribution is 6.36. The highest BCUT2D eigenvalue weighted by Gasteiger charge is 2.41. The highest BCUT2D eigenvalue weighted by Crippen LogP contribution is 2.36. The van der Waals surface area contributed by atoms with Crippen LogP contribution < -0.4 is 14.4 Å². The Morgan fingerprint density at radius 1 is 0.839 bits per heavy atom. The normalized spacial score (nSPS) is 15.1. The molecule has 0 fully saturated rings. The van der Waals surface area contributed by atoms with Crippen LogP contribution in [-0.4, -0.2) is 30.6 Å². The van der Waals surface area contributed by atoms with E-state index in [9.17, 15) is 9.59 Å². The van der Waals surface area contributed by atoms with E-state index in [1.54, 1.807) is 11.0 Å². The lowest BCUT2D eigenvalue weighted by Gasteiger charge is -2.21. The Labute approximate surface area is 179 Å². The zero-order valence-electron chi connectivity index (χ0n) is 16.9. The summed E-state index contributed by atoms with van der Waals surface area (Å²) in [6.45, 7) is 0.322. The van der Waals surface area contributed by atoms with Crippen molar-refractivity contribution in [2.45, 2.75) is 6.54 Å². The Balaban J connectivity index is 1.54. The summed E-state index contributed by atoms with van der Waals surface area (Å²) >= 11 is 0. The summed E-state index contributed by atoms with van der Waals surface area (Å²) in [5, 5.41) is 0. The Kier molecular flexibility index (Phi) is 4.67. The van der Waals surface area contributed by atoms with Crippen LogP contribution in [-0.2, 0) is 16.1 Å². The largest absolute Gasteiger partial charge is 0.454 e. The third kappa shape index (κ3) is 3.32. The van der Waals surface area contributed by atoms with Crippen LogP contribution in [0.1, 0.15) is 11.1 Å². The quantitative estimate of drug-likeness (QED) is 0.596. The maximum atomic E-state index is 13.5. The van der Waals surface area contributed by atoms with E-state index in [4.69, 9.17) is 9.47 Å². The highest BCUT2D eigenvalue weighted by atomic mass is 16.7. The summed E-state index contributed by atoms with van der Waals surface area (Å²) in [4.78, 5) is 30.0. The number of rotatable bonds is 5. The second-order valence-corrected chi connectivity index (χ2v) is 7.37. The molecule has 0 radical (unpaired) electrons. The third-order valence-electron chi connectivity index (χ3n) is 5.46. The van der Waals surface area contributed by atoms with Gasteiger partial charge in [0.15, 0.2) is 11.5 Å². The lowest BCUT2D eigenvalue weighted by Crippen LogP contribution is -2.33. The minimum absolute atomic E-state index is 0.150. The van der Waals surface area contributed by atoms with Crippen molar-refractivity contribution in [2.24, 2.45) is 0 Å². The fourth-order valence-electron chi connectivity index (χ4n) is 3.89. The molecule has 0 spiro atoms. The van der Waals surface area contributed by atoms with E-state index in [1.165, 1.54) is 4.90 Å². The van der Waals surface area contributed by atoms with Gasteiger partial charge < -0.3 is 14.4 Å². The number of carbonyl (C=O) groups excluding carboxylic acids is 2. The summed E-state index contributed by atoms with van der Waals surface area (Å²) in [6, 6.07) is 24.3. The van der Waals surface area contributed by atoms with Gasteiger partial charge >= 0.3 is 0 Å². The van der Waals surface area contributed by atoms with Crippen molar-refractivity contribution < 1.29 is 19.1 Å². The van der Waals surface area contributed by atoms with E-state index in [0.717, 1.165) is 11.3 Å². The summed E-state index contributed by atoms with van der Waals surface area (Å²) in [7, 11) is 1.81. The summed E-state index contributed by atoms with van der Waals surface area (Å²) < 4.78 is 10.8. The number of hydrogen-bond acceptors (Lipinski definition) is 5. The van der Waals surface area contributed by atoms with Crippen LogP contribution in [0.15, 0.2) is 84.6 Å². The average molecular weight is 412 g/mol. The molecular weight excluding hydrogens is 392 g/mol. The monoisotopic (exact) mass is 412 g/mol. The average Bonchev–Trinajstić information content (AvgIpc) is 3.37. The molecule has 0 aromatic heterocycles. The number of likely N-dealkylation sites (N-methyl/N-ethyl adjacent to an activating group) is 1. The number of ether oxygens (including phenoxy) is 2. The number of imide groups is 1. The molecule has 31 heavy (non-hydrogen) atoms. The predicted octanol–water partition coefficient (Wildman–Crippen LogP) is 3.83. The number of fused-ring (bicyclic) bond motifs is 1. The first-order valence-electron chi connectivity index (χ1n) is 9.96. The van der Waals surface area contributed by atoms with Gasteiger partial charge in [0.25, 0.3) is 11.8 Å². The summed E-state index contributed by atoms with van der Waals surface area (Å²) in [6.07, 6.45) is 0. The molecule has 2 aliphatic rings. The first-order valence-corrected chi connectivity index (χ1v) is 9.96. The molecule has 0 saturated heterocycles. The van der Waals surface area contributed by atoms with Gasteiger partial charge in [-0.15, -0.1) is 0 Å². The second kappa shape index (κ2) is 7.65. The SMILES string of the molecule is CN(C1=C(c2ccccc2)C(=O)N(Cc2ccc3c(c2)OCO3)C1=O)c1ccccc1. The van der Waals surface area contributed by atoms with Gasteiger partial charge in [0.05, 0.1) is 12.1 Å². The Hall–Kier alpha value is -4.06. The molecule has 0 aliphatic carbocycles. The second-order valence-electron chi connectivity index (χ2n) is 7.37. The van der Waals surface area contributed by atoms with Crippen LogP contribution in [0.5, 0.6) is 11.5 Å². The third-order valence-corrected chi connectivity index (χ3v) is 5.46. The van der Waals surface area contributed by atoms with E-state index >= 15 is 0 Å².